The van der Waals surface area contributed by atoms with Gasteiger partial charge in [-0.2, -0.15) is 0 Å². The molecule has 108 valence electrons. The van der Waals surface area contributed by atoms with Crippen molar-refractivity contribution in [1.82, 2.24) is 9.55 Å². The van der Waals surface area contributed by atoms with E-state index in [1.54, 1.807) is 0 Å². The number of aryl methyl sites for hydroxylation is 1. The van der Waals surface area contributed by atoms with Gasteiger partial charge in [-0.3, -0.25) is 0 Å². The second-order valence-electron chi connectivity index (χ2n) is 6.29. The van der Waals surface area contributed by atoms with Gasteiger partial charge in [-0.05, 0) is 44.1 Å². The second-order valence-corrected chi connectivity index (χ2v) is 6.67. The molecule has 3 nitrogen and oxygen atoms in total. The fraction of sp³-hybridized carbons (Fsp3) is 0.562. The summed E-state index contributed by atoms with van der Waals surface area (Å²) in [7, 11) is 0. The number of ether oxygens (including phenoxy) is 1. The van der Waals surface area contributed by atoms with Crippen LogP contribution in [0.5, 0.6) is 0 Å². The van der Waals surface area contributed by atoms with Crippen molar-refractivity contribution in [3.63, 3.8) is 0 Å². The molecule has 1 saturated carbocycles. The van der Waals surface area contributed by atoms with Crippen molar-refractivity contribution in [1.29, 1.82) is 0 Å². The number of benzene rings is 1. The van der Waals surface area contributed by atoms with Gasteiger partial charge in [-0.25, -0.2) is 0 Å². The standard InChI is InChI=1S/C16H22N2OS/c1-5-19-13-9-12(16(13,3)4)18-11-8-6-7-10(2)14(11)17-15(18)20/h6-8,12-13H,5,9H2,1-4H3,(H,17,20). The first-order chi connectivity index (χ1) is 9.46. The maximum atomic E-state index is 5.84. The number of fused-ring (bicyclic) bond motifs is 1. The summed E-state index contributed by atoms with van der Waals surface area (Å²) in [4.78, 5) is 3.37. The molecular weight excluding hydrogens is 268 g/mol. The third kappa shape index (κ3) is 1.85. The molecule has 0 amide bonds. The molecule has 0 bridgehead atoms. The lowest BCUT2D eigenvalue weighted by Crippen LogP contribution is -2.51. The number of nitrogens with one attached hydrogen (secondary N) is 1. The van der Waals surface area contributed by atoms with E-state index in [4.69, 9.17) is 17.0 Å². The Morgan fingerprint density at radius 1 is 1.45 bits per heavy atom. The number of hydrogen-bond donors (Lipinski definition) is 1. The molecule has 1 N–H and O–H groups in total. The van der Waals surface area contributed by atoms with E-state index >= 15 is 0 Å². The van der Waals surface area contributed by atoms with Crippen LogP contribution < -0.4 is 0 Å². The highest BCUT2D eigenvalue weighted by Crippen LogP contribution is 2.52. The van der Waals surface area contributed by atoms with Crippen LogP contribution in [0.15, 0.2) is 18.2 Å². The van der Waals surface area contributed by atoms with Crippen LogP contribution in [-0.4, -0.2) is 22.3 Å². The Labute approximate surface area is 125 Å². The van der Waals surface area contributed by atoms with Gasteiger partial charge in [0.05, 0.1) is 17.1 Å². The minimum absolute atomic E-state index is 0.118. The number of imidazole rings is 1. The van der Waals surface area contributed by atoms with Crippen molar-refractivity contribution in [2.45, 2.75) is 46.3 Å². The fourth-order valence-corrected chi connectivity index (χ4v) is 3.72. The summed E-state index contributed by atoms with van der Waals surface area (Å²) in [6.07, 6.45) is 1.37. The predicted octanol–water partition coefficient (Wildman–Crippen LogP) is 4.38. The molecule has 2 unspecified atom stereocenters. The van der Waals surface area contributed by atoms with E-state index in [9.17, 15) is 0 Å². The van der Waals surface area contributed by atoms with Gasteiger partial charge >= 0.3 is 0 Å². The van der Waals surface area contributed by atoms with E-state index in [0.29, 0.717) is 12.1 Å². The molecule has 4 heteroatoms. The van der Waals surface area contributed by atoms with Crippen LogP contribution in [-0.2, 0) is 4.74 Å². The minimum atomic E-state index is 0.118. The van der Waals surface area contributed by atoms with Crippen LogP contribution in [0.1, 0.15) is 38.8 Å². The number of aromatic amines is 1. The maximum absolute atomic E-state index is 5.84. The lowest BCUT2D eigenvalue weighted by molar-refractivity contribution is -0.127. The molecule has 1 fully saturated rings. The van der Waals surface area contributed by atoms with Crippen molar-refractivity contribution < 1.29 is 4.74 Å². The van der Waals surface area contributed by atoms with E-state index in [1.807, 2.05) is 0 Å². The molecule has 1 aromatic carbocycles. The summed E-state index contributed by atoms with van der Waals surface area (Å²) < 4.78 is 8.95. The molecule has 3 rings (SSSR count). The maximum Gasteiger partial charge on any atom is 0.178 e. The molecule has 0 saturated heterocycles. The number of H-pyrrole nitrogens is 1. The largest absolute Gasteiger partial charge is 0.378 e. The highest BCUT2D eigenvalue weighted by atomic mass is 32.1. The average Bonchev–Trinajstić information content (AvgIpc) is 2.72. The third-order valence-corrected chi connectivity index (χ3v) is 5.07. The summed E-state index contributed by atoms with van der Waals surface area (Å²) in [5.74, 6) is 0. The van der Waals surface area contributed by atoms with Crippen LogP contribution >= 0.6 is 12.2 Å². The summed E-state index contributed by atoms with van der Waals surface area (Å²) in [6, 6.07) is 6.77. The molecule has 0 spiro atoms. The van der Waals surface area contributed by atoms with Crippen LogP contribution in [0.4, 0.5) is 0 Å². The van der Waals surface area contributed by atoms with E-state index < -0.39 is 0 Å². The van der Waals surface area contributed by atoms with Gasteiger partial charge in [0, 0.05) is 18.1 Å². The van der Waals surface area contributed by atoms with Gasteiger partial charge < -0.3 is 14.3 Å². The normalized spacial score (nSPS) is 24.8. The Balaban J connectivity index is 2.07. The summed E-state index contributed by atoms with van der Waals surface area (Å²) in [5, 5.41) is 0. The zero-order chi connectivity index (χ0) is 14.5. The first-order valence-corrected chi connectivity index (χ1v) is 7.69. The minimum Gasteiger partial charge on any atom is -0.378 e. The Morgan fingerprint density at radius 2 is 2.20 bits per heavy atom. The molecule has 1 aromatic heterocycles. The summed E-state index contributed by atoms with van der Waals surface area (Å²) in [5.41, 5.74) is 3.73. The Hall–Kier alpha value is -1.13. The summed E-state index contributed by atoms with van der Waals surface area (Å²) in [6.45, 7) is 9.51. The number of hydrogen-bond acceptors (Lipinski definition) is 2. The highest BCUT2D eigenvalue weighted by molar-refractivity contribution is 7.71. The quantitative estimate of drug-likeness (QED) is 0.850. The van der Waals surface area contributed by atoms with Crippen molar-refractivity contribution >= 4 is 23.3 Å². The third-order valence-electron chi connectivity index (χ3n) is 4.77. The Morgan fingerprint density at radius 3 is 2.85 bits per heavy atom. The van der Waals surface area contributed by atoms with Crippen molar-refractivity contribution in [3.05, 3.63) is 28.5 Å². The Kier molecular flexibility index (Phi) is 3.26. The smallest absolute Gasteiger partial charge is 0.178 e. The van der Waals surface area contributed by atoms with Gasteiger partial charge in [0.15, 0.2) is 4.77 Å². The SMILES string of the molecule is CCOC1CC(n2c(=S)[nH]c3c(C)cccc32)C1(C)C. The fourth-order valence-electron chi connectivity index (χ4n) is 3.39. The molecule has 1 aliphatic rings. The van der Waals surface area contributed by atoms with Gasteiger partial charge in [0.2, 0.25) is 0 Å². The first-order valence-electron chi connectivity index (χ1n) is 7.28. The van der Waals surface area contributed by atoms with Gasteiger partial charge in [0.1, 0.15) is 0 Å². The van der Waals surface area contributed by atoms with Crippen LogP contribution in [0, 0.1) is 17.1 Å². The zero-order valence-electron chi connectivity index (χ0n) is 12.6. The monoisotopic (exact) mass is 290 g/mol. The Bertz CT molecular complexity index is 698. The molecular formula is C16H22N2OS. The van der Waals surface area contributed by atoms with Crippen molar-refractivity contribution in [2.24, 2.45) is 5.41 Å². The molecule has 0 aliphatic heterocycles. The number of nitrogens with zero attached hydrogens (tertiary/aromatic N) is 1. The summed E-state index contributed by atoms with van der Waals surface area (Å²) >= 11 is 5.56. The van der Waals surface area contributed by atoms with E-state index in [2.05, 4.69) is 55.4 Å². The van der Waals surface area contributed by atoms with Crippen molar-refractivity contribution in [2.75, 3.05) is 6.61 Å². The topological polar surface area (TPSA) is 29.9 Å². The number of aromatic nitrogens is 2. The highest BCUT2D eigenvalue weighted by Gasteiger charge is 2.50. The molecule has 2 aromatic rings. The van der Waals surface area contributed by atoms with Gasteiger partial charge in [-0.1, -0.05) is 26.0 Å². The zero-order valence-corrected chi connectivity index (χ0v) is 13.4. The molecule has 1 heterocycles. The molecule has 0 radical (unpaired) electrons. The van der Waals surface area contributed by atoms with Crippen LogP contribution in [0.3, 0.4) is 0 Å². The van der Waals surface area contributed by atoms with Crippen LogP contribution in [0.2, 0.25) is 0 Å². The van der Waals surface area contributed by atoms with E-state index in [-0.39, 0.29) is 5.41 Å². The molecule has 1 aliphatic carbocycles. The second kappa shape index (κ2) is 4.71. The lowest BCUT2D eigenvalue weighted by Gasteiger charge is -2.52. The van der Waals surface area contributed by atoms with E-state index in [1.165, 1.54) is 11.1 Å². The predicted molar refractivity (Wildman–Crippen MR) is 84.7 cm³/mol. The molecule has 2 atom stereocenters. The lowest BCUT2D eigenvalue weighted by atomic mass is 9.64. The van der Waals surface area contributed by atoms with Crippen molar-refractivity contribution in [3.8, 4) is 0 Å². The van der Waals surface area contributed by atoms with Gasteiger partial charge in [0.25, 0.3) is 0 Å². The van der Waals surface area contributed by atoms with Crippen LogP contribution in [0.25, 0.3) is 11.0 Å². The first kappa shape index (κ1) is 13.8. The van der Waals surface area contributed by atoms with E-state index in [0.717, 1.165) is 23.3 Å². The number of rotatable bonds is 3. The molecule has 20 heavy (non-hydrogen) atoms. The average molecular weight is 290 g/mol. The van der Waals surface area contributed by atoms with Gasteiger partial charge in [-0.15, -0.1) is 0 Å². The number of para-hydroxylation sites is 1.